The van der Waals surface area contributed by atoms with Crippen molar-refractivity contribution in [2.75, 3.05) is 42.9 Å². The van der Waals surface area contributed by atoms with E-state index < -0.39 is 11.6 Å². The van der Waals surface area contributed by atoms with Crippen LogP contribution in [0.25, 0.3) is 0 Å². The van der Waals surface area contributed by atoms with E-state index in [-0.39, 0.29) is 12.5 Å². The lowest BCUT2D eigenvalue weighted by Gasteiger charge is -2.36. The number of ether oxygens (including phenoxy) is 1. The van der Waals surface area contributed by atoms with Gasteiger partial charge in [0, 0.05) is 44.1 Å². The molecule has 2 rings (SSSR count). The highest BCUT2D eigenvalue weighted by Gasteiger charge is 2.25. The third-order valence-corrected chi connectivity index (χ3v) is 3.81. The summed E-state index contributed by atoms with van der Waals surface area (Å²) in [5.41, 5.74) is 1.47. The fourth-order valence-electron chi connectivity index (χ4n) is 2.60. The SMILES string of the molecule is CC(C)(C)OC(=O)N1CCN(c2cccc(NCCC(=O)O)c2)CC1. The summed E-state index contributed by atoms with van der Waals surface area (Å²) < 4.78 is 5.41. The van der Waals surface area contributed by atoms with Gasteiger partial charge in [0.15, 0.2) is 0 Å². The van der Waals surface area contributed by atoms with Crippen molar-refractivity contribution < 1.29 is 19.4 Å². The normalized spacial score (nSPS) is 15.0. The second kappa shape index (κ2) is 8.09. The molecule has 138 valence electrons. The van der Waals surface area contributed by atoms with Gasteiger partial charge in [0.2, 0.25) is 0 Å². The number of hydrogen-bond acceptors (Lipinski definition) is 5. The molecule has 1 saturated heterocycles. The first kappa shape index (κ1) is 18.9. The van der Waals surface area contributed by atoms with Crippen molar-refractivity contribution in [3.05, 3.63) is 24.3 Å². The van der Waals surface area contributed by atoms with Crippen LogP contribution in [0, 0.1) is 0 Å². The van der Waals surface area contributed by atoms with Crippen molar-refractivity contribution in [1.82, 2.24) is 4.90 Å². The molecule has 1 fully saturated rings. The van der Waals surface area contributed by atoms with Gasteiger partial charge in [-0.3, -0.25) is 4.79 Å². The van der Waals surface area contributed by atoms with Crippen molar-refractivity contribution >= 4 is 23.4 Å². The molecule has 1 aliphatic rings. The number of piperazine rings is 1. The lowest BCUT2D eigenvalue weighted by molar-refractivity contribution is -0.136. The van der Waals surface area contributed by atoms with Crippen molar-refractivity contribution in [3.8, 4) is 0 Å². The van der Waals surface area contributed by atoms with Crippen molar-refractivity contribution in [2.24, 2.45) is 0 Å². The summed E-state index contributed by atoms with van der Waals surface area (Å²) in [6.07, 6.45) is -0.185. The zero-order chi connectivity index (χ0) is 18.4. The van der Waals surface area contributed by atoms with Crippen LogP contribution in [0.15, 0.2) is 24.3 Å². The van der Waals surface area contributed by atoms with Gasteiger partial charge < -0.3 is 25.0 Å². The number of carboxylic acid groups (broad SMARTS) is 1. The summed E-state index contributed by atoms with van der Waals surface area (Å²) in [5.74, 6) is -0.818. The second-order valence-electron chi connectivity index (χ2n) is 7.08. The summed E-state index contributed by atoms with van der Waals surface area (Å²) in [5, 5.41) is 11.8. The van der Waals surface area contributed by atoms with Crippen LogP contribution in [0.2, 0.25) is 0 Å². The third-order valence-electron chi connectivity index (χ3n) is 3.81. The number of carbonyl (C=O) groups excluding carboxylic acids is 1. The smallest absolute Gasteiger partial charge is 0.410 e. The minimum Gasteiger partial charge on any atom is -0.481 e. The van der Waals surface area contributed by atoms with E-state index in [1.165, 1.54) is 0 Å². The molecule has 1 aliphatic heterocycles. The first-order valence-corrected chi connectivity index (χ1v) is 8.53. The van der Waals surface area contributed by atoms with E-state index in [4.69, 9.17) is 9.84 Å². The molecule has 0 unspecified atom stereocenters. The number of anilines is 2. The van der Waals surface area contributed by atoms with Crippen molar-refractivity contribution in [3.63, 3.8) is 0 Å². The Balaban J connectivity index is 1.88. The minimum atomic E-state index is -0.818. The maximum Gasteiger partial charge on any atom is 0.410 e. The molecule has 0 aliphatic carbocycles. The molecule has 7 heteroatoms. The van der Waals surface area contributed by atoms with Crippen molar-refractivity contribution in [2.45, 2.75) is 32.8 Å². The first-order chi connectivity index (χ1) is 11.7. The van der Waals surface area contributed by atoms with Crippen LogP contribution in [0.3, 0.4) is 0 Å². The zero-order valence-electron chi connectivity index (χ0n) is 15.1. The average molecular weight is 349 g/mol. The van der Waals surface area contributed by atoms with Gasteiger partial charge in [0.25, 0.3) is 0 Å². The van der Waals surface area contributed by atoms with E-state index in [0.717, 1.165) is 24.5 Å². The number of carbonyl (C=O) groups is 2. The Hall–Kier alpha value is -2.44. The first-order valence-electron chi connectivity index (χ1n) is 8.53. The number of carboxylic acids is 1. The molecular formula is C18H27N3O4. The number of amides is 1. The highest BCUT2D eigenvalue weighted by molar-refractivity contribution is 5.69. The second-order valence-corrected chi connectivity index (χ2v) is 7.08. The molecule has 0 bridgehead atoms. The summed E-state index contributed by atoms with van der Waals surface area (Å²) in [7, 11) is 0. The molecule has 2 N–H and O–H groups in total. The molecule has 1 aromatic carbocycles. The number of nitrogens with zero attached hydrogens (tertiary/aromatic N) is 2. The van der Waals surface area contributed by atoms with Crippen LogP contribution in [-0.4, -0.2) is 60.4 Å². The minimum absolute atomic E-state index is 0.0821. The largest absolute Gasteiger partial charge is 0.481 e. The van der Waals surface area contributed by atoms with Gasteiger partial charge in [0.05, 0.1) is 6.42 Å². The molecule has 0 radical (unpaired) electrons. The average Bonchev–Trinajstić information content (AvgIpc) is 2.53. The van der Waals surface area contributed by atoms with E-state index in [9.17, 15) is 9.59 Å². The van der Waals surface area contributed by atoms with Crippen LogP contribution in [0.5, 0.6) is 0 Å². The molecule has 1 amide bonds. The van der Waals surface area contributed by atoms with Gasteiger partial charge in [-0.2, -0.15) is 0 Å². The third kappa shape index (κ3) is 6.17. The molecule has 0 atom stereocenters. The molecule has 0 spiro atoms. The van der Waals surface area contributed by atoms with E-state index in [1.807, 2.05) is 45.0 Å². The fraction of sp³-hybridized carbons (Fsp3) is 0.556. The predicted octanol–water partition coefficient (Wildman–Crippen LogP) is 2.63. The van der Waals surface area contributed by atoms with Gasteiger partial charge in [-0.1, -0.05) is 6.07 Å². The summed E-state index contributed by atoms with van der Waals surface area (Å²) >= 11 is 0. The molecule has 7 nitrogen and oxygen atoms in total. The summed E-state index contributed by atoms with van der Waals surface area (Å²) in [4.78, 5) is 26.6. The van der Waals surface area contributed by atoms with Gasteiger partial charge in [-0.05, 0) is 39.0 Å². The number of rotatable bonds is 5. The molecular weight excluding hydrogens is 322 g/mol. The maximum absolute atomic E-state index is 12.1. The topological polar surface area (TPSA) is 82.1 Å². The Morgan fingerprint density at radius 2 is 1.88 bits per heavy atom. The lowest BCUT2D eigenvalue weighted by atomic mass is 10.2. The van der Waals surface area contributed by atoms with Gasteiger partial charge >= 0.3 is 12.1 Å². The standard InChI is InChI=1S/C18H27N3O4/c1-18(2,3)25-17(24)21-11-9-20(10-12-21)15-6-4-5-14(13-15)19-8-7-16(22)23/h4-6,13,19H,7-12H2,1-3H3,(H,22,23). The zero-order valence-corrected chi connectivity index (χ0v) is 15.1. The van der Waals surface area contributed by atoms with E-state index in [2.05, 4.69) is 10.2 Å². The quantitative estimate of drug-likeness (QED) is 0.850. The molecule has 0 saturated carbocycles. The monoisotopic (exact) mass is 349 g/mol. The van der Waals surface area contributed by atoms with Gasteiger partial charge in [-0.25, -0.2) is 4.79 Å². The number of aliphatic carboxylic acids is 1. The highest BCUT2D eigenvalue weighted by atomic mass is 16.6. The number of benzene rings is 1. The van der Waals surface area contributed by atoms with Crippen LogP contribution in [-0.2, 0) is 9.53 Å². The van der Waals surface area contributed by atoms with Gasteiger partial charge in [-0.15, -0.1) is 0 Å². The summed E-state index contributed by atoms with van der Waals surface area (Å²) in [6.45, 7) is 8.69. The Kier molecular flexibility index (Phi) is 6.12. The predicted molar refractivity (Wildman–Crippen MR) is 97.2 cm³/mol. The molecule has 25 heavy (non-hydrogen) atoms. The Bertz CT molecular complexity index is 605. The fourth-order valence-corrected chi connectivity index (χ4v) is 2.60. The van der Waals surface area contributed by atoms with Crippen LogP contribution < -0.4 is 10.2 Å². The Morgan fingerprint density at radius 3 is 2.48 bits per heavy atom. The van der Waals surface area contributed by atoms with Crippen LogP contribution >= 0.6 is 0 Å². The van der Waals surface area contributed by atoms with E-state index >= 15 is 0 Å². The molecule has 1 aromatic rings. The lowest BCUT2D eigenvalue weighted by Crippen LogP contribution is -2.50. The van der Waals surface area contributed by atoms with Crippen molar-refractivity contribution in [1.29, 1.82) is 0 Å². The number of hydrogen-bond donors (Lipinski definition) is 2. The molecule has 0 aromatic heterocycles. The number of nitrogens with one attached hydrogen (secondary N) is 1. The summed E-state index contributed by atoms with van der Waals surface area (Å²) in [6, 6.07) is 7.89. The maximum atomic E-state index is 12.1. The highest BCUT2D eigenvalue weighted by Crippen LogP contribution is 2.21. The van der Waals surface area contributed by atoms with Crippen LogP contribution in [0.4, 0.5) is 16.2 Å². The Labute approximate surface area is 148 Å². The van der Waals surface area contributed by atoms with Crippen LogP contribution in [0.1, 0.15) is 27.2 Å². The Morgan fingerprint density at radius 1 is 1.20 bits per heavy atom. The van der Waals surface area contributed by atoms with E-state index in [1.54, 1.807) is 4.90 Å². The van der Waals surface area contributed by atoms with Gasteiger partial charge in [0.1, 0.15) is 5.60 Å². The molecule has 1 heterocycles. The van der Waals surface area contributed by atoms with E-state index in [0.29, 0.717) is 19.6 Å².